The lowest BCUT2D eigenvalue weighted by Gasteiger charge is -2.06. The molecule has 0 radical (unpaired) electrons. The maximum absolute atomic E-state index is 11.7. The van der Waals surface area contributed by atoms with Crippen molar-refractivity contribution in [3.05, 3.63) is 52.8 Å². The Balaban J connectivity index is 1.69. The van der Waals surface area contributed by atoms with Crippen LogP contribution < -0.4 is 5.32 Å². The molecule has 0 atom stereocenters. The van der Waals surface area contributed by atoms with E-state index >= 15 is 0 Å². The van der Waals surface area contributed by atoms with Crippen LogP contribution in [-0.4, -0.2) is 22.2 Å². The Labute approximate surface area is 123 Å². The quantitative estimate of drug-likeness (QED) is 0.888. The molecule has 0 aliphatic carbocycles. The van der Waals surface area contributed by atoms with Crippen LogP contribution in [0.4, 0.5) is 0 Å². The number of aryl methyl sites for hydroxylation is 2. The summed E-state index contributed by atoms with van der Waals surface area (Å²) in [6.07, 6.45) is 3.72. The van der Waals surface area contributed by atoms with Crippen LogP contribution in [0.25, 0.3) is 0 Å². The van der Waals surface area contributed by atoms with E-state index in [9.17, 15) is 4.79 Å². The lowest BCUT2D eigenvalue weighted by molar-refractivity contribution is -0.121. The second kappa shape index (κ2) is 7.10. The molecular weight excluding hydrogens is 274 g/mol. The number of carbonyl (C=O) groups is 1. The molecule has 1 amide bonds. The van der Waals surface area contributed by atoms with Crippen LogP contribution in [0, 0.1) is 0 Å². The zero-order valence-corrected chi connectivity index (χ0v) is 12.2. The zero-order valence-electron chi connectivity index (χ0n) is 11.5. The predicted octanol–water partition coefficient (Wildman–Crippen LogP) is 2.37. The molecular formula is C15H18ClN3O. The number of amides is 1. The molecule has 4 nitrogen and oxygen atoms in total. The Hall–Kier alpha value is -1.81. The number of rotatable bonds is 6. The van der Waals surface area contributed by atoms with Crippen LogP contribution in [0.3, 0.4) is 0 Å². The molecule has 0 saturated heterocycles. The zero-order chi connectivity index (χ0) is 14.4. The van der Waals surface area contributed by atoms with E-state index < -0.39 is 0 Å². The summed E-state index contributed by atoms with van der Waals surface area (Å²) in [5.41, 5.74) is 2.19. The summed E-state index contributed by atoms with van der Waals surface area (Å²) in [6.45, 7) is 0.630. The van der Waals surface area contributed by atoms with Gasteiger partial charge in [0.25, 0.3) is 0 Å². The number of carbonyl (C=O) groups excluding carboxylic acids is 1. The minimum absolute atomic E-state index is 0.0632. The SMILES string of the molecule is Cn1nccc1CCC(=O)NCCc1cccc(Cl)c1. The summed E-state index contributed by atoms with van der Waals surface area (Å²) in [5, 5.41) is 7.72. The molecule has 1 aromatic carbocycles. The Kier molecular flexibility index (Phi) is 5.18. The number of halogens is 1. The maximum Gasteiger partial charge on any atom is 0.220 e. The molecule has 1 heterocycles. The lowest BCUT2D eigenvalue weighted by atomic mass is 10.1. The third kappa shape index (κ3) is 4.38. The van der Waals surface area contributed by atoms with E-state index in [0.29, 0.717) is 19.4 Å². The molecule has 0 bridgehead atoms. The van der Waals surface area contributed by atoms with Gasteiger partial charge < -0.3 is 5.32 Å². The summed E-state index contributed by atoms with van der Waals surface area (Å²) < 4.78 is 1.79. The highest BCUT2D eigenvalue weighted by molar-refractivity contribution is 6.30. The summed E-state index contributed by atoms with van der Waals surface area (Å²) >= 11 is 5.91. The van der Waals surface area contributed by atoms with Gasteiger partial charge in [0.1, 0.15) is 0 Å². The number of hydrogen-bond donors (Lipinski definition) is 1. The van der Waals surface area contributed by atoms with Gasteiger partial charge in [-0.2, -0.15) is 5.10 Å². The van der Waals surface area contributed by atoms with Crippen LogP contribution in [0.5, 0.6) is 0 Å². The number of nitrogens with one attached hydrogen (secondary N) is 1. The Morgan fingerprint density at radius 3 is 2.90 bits per heavy atom. The van der Waals surface area contributed by atoms with Crippen molar-refractivity contribution in [3.8, 4) is 0 Å². The van der Waals surface area contributed by atoms with Crippen molar-refractivity contribution in [1.29, 1.82) is 0 Å². The smallest absolute Gasteiger partial charge is 0.220 e. The first-order valence-electron chi connectivity index (χ1n) is 6.63. The first kappa shape index (κ1) is 14.6. The highest BCUT2D eigenvalue weighted by Crippen LogP contribution is 2.10. The fourth-order valence-electron chi connectivity index (χ4n) is 2.02. The first-order valence-corrected chi connectivity index (χ1v) is 7.01. The second-order valence-corrected chi connectivity index (χ2v) is 5.11. The number of aromatic nitrogens is 2. The van der Waals surface area contributed by atoms with Crippen molar-refractivity contribution in [2.45, 2.75) is 19.3 Å². The van der Waals surface area contributed by atoms with E-state index in [4.69, 9.17) is 11.6 Å². The lowest BCUT2D eigenvalue weighted by Crippen LogP contribution is -2.26. The Morgan fingerprint density at radius 2 is 2.20 bits per heavy atom. The molecule has 2 aromatic rings. The molecule has 1 aromatic heterocycles. The summed E-state index contributed by atoms with van der Waals surface area (Å²) in [5.74, 6) is 0.0632. The molecule has 0 fully saturated rings. The highest BCUT2D eigenvalue weighted by atomic mass is 35.5. The van der Waals surface area contributed by atoms with Gasteiger partial charge in [-0.15, -0.1) is 0 Å². The first-order chi connectivity index (χ1) is 9.65. The molecule has 106 valence electrons. The van der Waals surface area contributed by atoms with Crippen molar-refractivity contribution in [3.63, 3.8) is 0 Å². The highest BCUT2D eigenvalue weighted by Gasteiger charge is 2.04. The van der Waals surface area contributed by atoms with Crippen molar-refractivity contribution < 1.29 is 4.79 Å². The van der Waals surface area contributed by atoms with Gasteiger partial charge in [0.2, 0.25) is 5.91 Å². The average molecular weight is 292 g/mol. The van der Waals surface area contributed by atoms with E-state index in [1.807, 2.05) is 37.4 Å². The van der Waals surface area contributed by atoms with Crippen LogP contribution in [-0.2, 0) is 24.7 Å². The third-order valence-corrected chi connectivity index (χ3v) is 3.39. The fourth-order valence-corrected chi connectivity index (χ4v) is 2.23. The second-order valence-electron chi connectivity index (χ2n) is 4.68. The number of nitrogens with zero attached hydrogens (tertiary/aromatic N) is 2. The molecule has 20 heavy (non-hydrogen) atoms. The standard InChI is InChI=1S/C15H18ClN3O/c1-19-14(8-10-18-19)5-6-15(20)17-9-7-12-3-2-4-13(16)11-12/h2-4,8,10-11H,5-7,9H2,1H3,(H,17,20). The van der Waals surface area contributed by atoms with Crippen LogP contribution in [0.15, 0.2) is 36.5 Å². The number of hydrogen-bond acceptors (Lipinski definition) is 2. The van der Waals surface area contributed by atoms with E-state index in [1.165, 1.54) is 0 Å². The van der Waals surface area contributed by atoms with Gasteiger partial charge in [-0.1, -0.05) is 23.7 Å². The third-order valence-electron chi connectivity index (χ3n) is 3.16. The van der Waals surface area contributed by atoms with Gasteiger partial charge >= 0.3 is 0 Å². The summed E-state index contributed by atoms with van der Waals surface area (Å²) in [6, 6.07) is 9.62. The van der Waals surface area contributed by atoms with Crippen molar-refractivity contribution in [2.24, 2.45) is 7.05 Å². The Morgan fingerprint density at radius 1 is 1.35 bits per heavy atom. The van der Waals surface area contributed by atoms with Gasteiger partial charge in [-0.05, 0) is 36.6 Å². The van der Waals surface area contributed by atoms with Crippen molar-refractivity contribution >= 4 is 17.5 Å². The van der Waals surface area contributed by atoms with Crippen LogP contribution >= 0.6 is 11.6 Å². The molecule has 0 aliphatic heterocycles. The average Bonchev–Trinajstić information content (AvgIpc) is 2.82. The minimum atomic E-state index is 0.0632. The molecule has 0 unspecified atom stereocenters. The van der Waals surface area contributed by atoms with E-state index in [1.54, 1.807) is 10.9 Å². The van der Waals surface area contributed by atoms with Gasteiger partial charge in [0.05, 0.1) is 0 Å². The van der Waals surface area contributed by atoms with Gasteiger partial charge in [-0.25, -0.2) is 0 Å². The minimum Gasteiger partial charge on any atom is -0.356 e. The topological polar surface area (TPSA) is 46.9 Å². The molecule has 0 spiro atoms. The summed E-state index contributed by atoms with van der Waals surface area (Å²) in [7, 11) is 1.88. The maximum atomic E-state index is 11.7. The van der Waals surface area contributed by atoms with Crippen molar-refractivity contribution in [2.75, 3.05) is 6.54 Å². The normalized spacial score (nSPS) is 10.5. The summed E-state index contributed by atoms with van der Waals surface area (Å²) in [4.78, 5) is 11.7. The molecule has 1 N–H and O–H groups in total. The van der Waals surface area contributed by atoms with E-state index in [2.05, 4.69) is 10.4 Å². The van der Waals surface area contributed by atoms with Crippen LogP contribution in [0.1, 0.15) is 17.7 Å². The fraction of sp³-hybridized carbons (Fsp3) is 0.333. The van der Waals surface area contributed by atoms with Crippen molar-refractivity contribution in [1.82, 2.24) is 15.1 Å². The largest absolute Gasteiger partial charge is 0.356 e. The Bertz CT molecular complexity index is 580. The van der Waals surface area contributed by atoms with Gasteiger partial charge in [-0.3, -0.25) is 9.48 Å². The van der Waals surface area contributed by atoms with Crippen LogP contribution in [0.2, 0.25) is 5.02 Å². The predicted molar refractivity (Wildman–Crippen MR) is 79.7 cm³/mol. The molecule has 0 aliphatic rings. The monoisotopic (exact) mass is 291 g/mol. The van der Waals surface area contributed by atoms with E-state index in [0.717, 1.165) is 22.7 Å². The van der Waals surface area contributed by atoms with Gasteiger partial charge in [0, 0.05) is 36.9 Å². The number of benzene rings is 1. The van der Waals surface area contributed by atoms with Gasteiger partial charge in [0.15, 0.2) is 0 Å². The van der Waals surface area contributed by atoms with E-state index in [-0.39, 0.29) is 5.91 Å². The molecule has 2 rings (SSSR count). The molecule has 0 saturated carbocycles. The molecule has 5 heteroatoms.